The Hall–Kier alpha value is -0.340. The summed E-state index contributed by atoms with van der Waals surface area (Å²) in [6.07, 6.45) is 4.50. The second kappa shape index (κ2) is 7.97. The molecule has 1 unspecified atom stereocenters. The number of amides is 1. The predicted octanol–water partition coefficient (Wildman–Crippen LogP) is 5.19. The maximum absolute atomic E-state index is 11.7. The second-order valence-corrected chi connectivity index (χ2v) is 10.0. The Morgan fingerprint density at radius 2 is 2.00 bits per heavy atom. The summed E-state index contributed by atoms with van der Waals surface area (Å²) in [4.78, 5) is 15.6. The number of hydrogen-bond acceptors (Lipinski definition) is 5. The van der Waals surface area contributed by atoms with E-state index in [0.29, 0.717) is 0 Å². The Bertz CT molecular complexity index is 640. The molecule has 0 spiro atoms. The number of rotatable bonds is 7. The van der Waals surface area contributed by atoms with Crippen LogP contribution in [-0.2, 0) is 11.2 Å². The molecule has 0 aliphatic heterocycles. The first kappa shape index (κ1) is 18.0. The van der Waals surface area contributed by atoms with Crippen molar-refractivity contribution in [2.75, 3.05) is 6.26 Å². The molecular formula is C15H18BrNO2S3. The third-order valence-electron chi connectivity index (χ3n) is 3.59. The van der Waals surface area contributed by atoms with Crippen molar-refractivity contribution in [3.8, 4) is 9.75 Å². The maximum Gasteiger partial charge on any atom is 0.259 e. The van der Waals surface area contributed by atoms with E-state index >= 15 is 0 Å². The molecule has 2 rings (SSSR count). The van der Waals surface area contributed by atoms with Crippen molar-refractivity contribution < 1.29 is 10.0 Å². The van der Waals surface area contributed by atoms with Crippen LogP contribution >= 0.6 is 50.4 Å². The monoisotopic (exact) mass is 419 g/mol. The molecule has 0 bridgehead atoms. The molecule has 0 aliphatic carbocycles. The fourth-order valence-electron chi connectivity index (χ4n) is 2.12. The zero-order valence-corrected chi connectivity index (χ0v) is 16.4. The molecule has 120 valence electrons. The van der Waals surface area contributed by atoms with Crippen molar-refractivity contribution in [3.63, 3.8) is 0 Å². The normalized spacial score (nSPS) is 13.8. The summed E-state index contributed by atoms with van der Waals surface area (Å²) < 4.78 is 0.566. The molecule has 2 aromatic heterocycles. The van der Waals surface area contributed by atoms with Crippen molar-refractivity contribution in [2.45, 2.75) is 30.9 Å². The molecule has 7 heteroatoms. The first-order valence-electron chi connectivity index (χ1n) is 6.82. The Morgan fingerprint density at radius 3 is 2.59 bits per heavy atom. The van der Waals surface area contributed by atoms with Gasteiger partial charge in [0.25, 0.3) is 5.91 Å². The Kier molecular flexibility index (Phi) is 6.52. The molecule has 0 radical (unpaired) electrons. The van der Waals surface area contributed by atoms with Gasteiger partial charge in [0, 0.05) is 14.6 Å². The summed E-state index contributed by atoms with van der Waals surface area (Å²) in [7, 11) is 0. The maximum atomic E-state index is 11.7. The Morgan fingerprint density at radius 1 is 1.32 bits per heavy atom. The van der Waals surface area contributed by atoms with Crippen molar-refractivity contribution >= 4 is 56.3 Å². The zero-order valence-electron chi connectivity index (χ0n) is 12.4. The summed E-state index contributed by atoms with van der Waals surface area (Å²) in [5.41, 5.74) is 1.77. The van der Waals surface area contributed by atoms with Gasteiger partial charge in [-0.2, -0.15) is 0 Å². The van der Waals surface area contributed by atoms with Gasteiger partial charge in [-0.05, 0) is 72.6 Å². The van der Waals surface area contributed by atoms with Crippen LogP contribution in [0.1, 0.15) is 24.6 Å². The Labute approximate surface area is 151 Å². The zero-order chi connectivity index (χ0) is 16.2. The van der Waals surface area contributed by atoms with Crippen LogP contribution in [0.15, 0.2) is 28.1 Å². The largest absolute Gasteiger partial charge is 0.289 e. The second-order valence-electron chi connectivity index (χ2n) is 5.10. The highest BCUT2D eigenvalue weighted by atomic mass is 79.9. The molecule has 0 aromatic carbocycles. The lowest BCUT2D eigenvalue weighted by atomic mass is 10.0. The fourth-order valence-corrected chi connectivity index (χ4v) is 5.22. The van der Waals surface area contributed by atoms with Crippen LogP contribution in [0.4, 0.5) is 0 Å². The van der Waals surface area contributed by atoms with Gasteiger partial charge in [-0.3, -0.25) is 10.0 Å². The van der Waals surface area contributed by atoms with Gasteiger partial charge in [0.05, 0.1) is 8.53 Å². The molecule has 1 atom stereocenters. The first-order valence-corrected chi connectivity index (χ1v) is 10.5. The number of nitrogens with one attached hydrogen (secondary N) is 1. The summed E-state index contributed by atoms with van der Waals surface area (Å²) in [5, 5.41) is 8.84. The molecule has 22 heavy (non-hydrogen) atoms. The minimum absolute atomic E-state index is 0.324. The van der Waals surface area contributed by atoms with E-state index in [1.165, 1.54) is 26.4 Å². The van der Waals surface area contributed by atoms with Crippen LogP contribution in [0.2, 0.25) is 0 Å². The molecule has 0 fully saturated rings. The number of hydrogen-bond donors (Lipinski definition) is 2. The molecule has 1 amide bonds. The SMILES string of the molecule is CSC(C)(CCCc1ccc(-c2ccc(Br)s2)s1)C(=O)NO. The van der Waals surface area contributed by atoms with Crippen molar-refractivity contribution in [1.82, 2.24) is 5.48 Å². The predicted molar refractivity (Wildman–Crippen MR) is 100 cm³/mol. The van der Waals surface area contributed by atoms with E-state index in [2.05, 4.69) is 40.2 Å². The first-order chi connectivity index (χ1) is 10.5. The van der Waals surface area contributed by atoms with Gasteiger partial charge < -0.3 is 0 Å². The topological polar surface area (TPSA) is 49.3 Å². The van der Waals surface area contributed by atoms with E-state index in [1.807, 2.05) is 13.2 Å². The highest BCUT2D eigenvalue weighted by Gasteiger charge is 2.31. The highest BCUT2D eigenvalue weighted by Crippen LogP contribution is 2.36. The van der Waals surface area contributed by atoms with E-state index in [-0.39, 0.29) is 5.91 Å². The Balaban J connectivity index is 1.93. The minimum atomic E-state index is -0.576. The van der Waals surface area contributed by atoms with Gasteiger partial charge in [-0.1, -0.05) is 0 Å². The van der Waals surface area contributed by atoms with Crippen LogP contribution in [-0.4, -0.2) is 22.1 Å². The average molecular weight is 420 g/mol. The quantitative estimate of drug-likeness (QED) is 0.479. The highest BCUT2D eigenvalue weighted by molar-refractivity contribution is 9.11. The molecular weight excluding hydrogens is 402 g/mol. The number of thiophene rings is 2. The van der Waals surface area contributed by atoms with Gasteiger partial charge in [-0.15, -0.1) is 34.4 Å². The third kappa shape index (κ3) is 4.35. The van der Waals surface area contributed by atoms with Gasteiger partial charge in [-0.25, -0.2) is 5.48 Å². The number of thioether (sulfide) groups is 1. The number of aryl methyl sites for hydroxylation is 1. The molecule has 0 saturated heterocycles. The van der Waals surface area contributed by atoms with E-state index in [9.17, 15) is 4.79 Å². The van der Waals surface area contributed by atoms with Crippen LogP contribution in [0.3, 0.4) is 0 Å². The molecule has 2 heterocycles. The van der Waals surface area contributed by atoms with E-state index in [4.69, 9.17) is 5.21 Å². The smallest absolute Gasteiger partial charge is 0.259 e. The molecule has 0 aliphatic rings. The lowest BCUT2D eigenvalue weighted by Crippen LogP contribution is -2.40. The van der Waals surface area contributed by atoms with Crippen molar-refractivity contribution in [1.29, 1.82) is 0 Å². The number of carbonyl (C=O) groups excluding carboxylic acids is 1. The fraction of sp³-hybridized carbons (Fsp3) is 0.400. The van der Waals surface area contributed by atoms with Crippen molar-refractivity contribution in [2.24, 2.45) is 0 Å². The van der Waals surface area contributed by atoms with E-state index in [1.54, 1.807) is 28.2 Å². The van der Waals surface area contributed by atoms with E-state index in [0.717, 1.165) is 23.0 Å². The van der Waals surface area contributed by atoms with Crippen molar-refractivity contribution in [3.05, 3.63) is 32.9 Å². The summed E-state index contributed by atoms with van der Waals surface area (Å²) in [6.45, 7) is 1.87. The van der Waals surface area contributed by atoms with Crippen LogP contribution < -0.4 is 5.48 Å². The number of hydroxylamine groups is 1. The lowest BCUT2D eigenvalue weighted by molar-refractivity contribution is -0.131. The summed E-state index contributed by atoms with van der Waals surface area (Å²) in [6, 6.07) is 8.51. The van der Waals surface area contributed by atoms with Crippen LogP contribution in [0.25, 0.3) is 9.75 Å². The van der Waals surface area contributed by atoms with E-state index < -0.39 is 4.75 Å². The molecule has 0 saturated carbocycles. The molecule has 2 aromatic rings. The van der Waals surface area contributed by atoms with Gasteiger partial charge in [0.15, 0.2) is 0 Å². The summed E-state index contributed by atoms with van der Waals surface area (Å²) >= 11 is 8.50. The number of carbonyl (C=O) groups is 1. The average Bonchev–Trinajstić information content (AvgIpc) is 3.15. The minimum Gasteiger partial charge on any atom is -0.289 e. The van der Waals surface area contributed by atoms with Gasteiger partial charge in [0.2, 0.25) is 0 Å². The van der Waals surface area contributed by atoms with Crippen LogP contribution in [0.5, 0.6) is 0 Å². The lowest BCUT2D eigenvalue weighted by Gasteiger charge is -2.24. The van der Waals surface area contributed by atoms with Gasteiger partial charge in [0.1, 0.15) is 0 Å². The number of halogens is 1. The molecule has 3 nitrogen and oxygen atoms in total. The third-order valence-corrected chi connectivity index (χ3v) is 7.84. The molecule has 2 N–H and O–H groups in total. The summed E-state index contributed by atoms with van der Waals surface area (Å²) in [5.74, 6) is -0.324. The standard InChI is InChI=1S/C15H18BrNO2S3/c1-15(20-2,14(18)17-19)9-3-4-10-5-6-11(21-10)12-7-8-13(16)22-12/h5-8,19H,3-4,9H2,1-2H3,(H,17,18). The van der Waals surface area contributed by atoms with Crippen LogP contribution in [0, 0.1) is 0 Å². The van der Waals surface area contributed by atoms with Gasteiger partial charge >= 0.3 is 0 Å².